The topological polar surface area (TPSA) is 60.1 Å². The number of nitrogens with one attached hydrogen (secondary N) is 1. The largest absolute Gasteiger partial charge is 0.347 e. The number of hydrogen-bond acceptors (Lipinski definition) is 2. The average Bonchev–Trinajstić information content (AvgIpc) is 2.95. The fourth-order valence-electron chi connectivity index (χ4n) is 3.13. The van der Waals surface area contributed by atoms with Gasteiger partial charge in [-0.25, -0.2) is 0 Å². The number of rotatable bonds is 6. The number of carbonyl (C=O) groups excluding carboxylic acids is 1. The first-order valence-corrected chi connectivity index (χ1v) is 8.83. The van der Waals surface area contributed by atoms with Gasteiger partial charge in [0.15, 0.2) is 0 Å². The molecule has 2 aromatic carbocycles. The molecule has 0 fully saturated rings. The van der Waals surface area contributed by atoms with Gasteiger partial charge in [0.25, 0.3) is 5.91 Å². The maximum Gasteiger partial charge on any atom is 0.268 e. The van der Waals surface area contributed by atoms with E-state index in [4.69, 9.17) is 5.73 Å². The molecule has 0 atom stereocenters. The van der Waals surface area contributed by atoms with E-state index in [1.165, 1.54) is 5.56 Å². The van der Waals surface area contributed by atoms with Crippen LogP contribution in [-0.4, -0.2) is 10.5 Å². The van der Waals surface area contributed by atoms with Crippen molar-refractivity contribution >= 4 is 5.91 Å². The van der Waals surface area contributed by atoms with Crippen molar-refractivity contribution in [1.29, 1.82) is 0 Å². The van der Waals surface area contributed by atoms with Crippen LogP contribution in [0.3, 0.4) is 0 Å². The van der Waals surface area contributed by atoms with Crippen LogP contribution in [0.15, 0.2) is 60.7 Å². The maximum atomic E-state index is 12.6. The van der Waals surface area contributed by atoms with Gasteiger partial charge in [0.05, 0.1) is 0 Å². The van der Waals surface area contributed by atoms with Crippen LogP contribution in [-0.2, 0) is 26.6 Å². The molecular weight excluding hydrogens is 322 g/mol. The van der Waals surface area contributed by atoms with Crippen molar-refractivity contribution in [2.45, 2.75) is 26.4 Å². The minimum absolute atomic E-state index is 0.0576. The molecule has 3 rings (SSSR count). The second-order valence-corrected chi connectivity index (χ2v) is 6.58. The number of aryl methyl sites for hydroxylation is 1. The molecule has 1 amide bonds. The molecule has 1 heterocycles. The fourth-order valence-corrected chi connectivity index (χ4v) is 3.13. The summed E-state index contributed by atoms with van der Waals surface area (Å²) in [5, 5.41) is 3.01. The van der Waals surface area contributed by atoms with Gasteiger partial charge >= 0.3 is 0 Å². The van der Waals surface area contributed by atoms with Crippen molar-refractivity contribution in [3.63, 3.8) is 0 Å². The van der Waals surface area contributed by atoms with Crippen LogP contribution < -0.4 is 11.1 Å². The summed E-state index contributed by atoms with van der Waals surface area (Å²) in [6.07, 6.45) is 0.816. The molecule has 0 bridgehead atoms. The Bertz CT molecular complexity index is 880. The Morgan fingerprint density at radius 2 is 1.65 bits per heavy atom. The molecule has 0 spiro atoms. The van der Waals surface area contributed by atoms with Gasteiger partial charge in [0.1, 0.15) is 5.69 Å². The highest BCUT2D eigenvalue weighted by Crippen LogP contribution is 2.18. The first kappa shape index (κ1) is 18.0. The Kier molecular flexibility index (Phi) is 5.54. The van der Waals surface area contributed by atoms with Gasteiger partial charge in [0, 0.05) is 32.3 Å². The van der Waals surface area contributed by atoms with E-state index in [0.29, 0.717) is 18.8 Å². The summed E-state index contributed by atoms with van der Waals surface area (Å²) in [7, 11) is 1.95. The number of carbonyl (C=O) groups is 1. The molecule has 0 radical (unpaired) electrons. The van der Waals surface area contributed by atoms with E-state index in [0.717, 1.165) is 28.8 Å². The summed E-state index contributed by atoms with van der Waals surface area (Å²) in [5.41, 5.74) is 12.0. The fraction of sp³-hybridized carbons (Fsp3) is 0.227. The van der Waals surface area contributed by atoms with Gasteiger partial charge in [-0.3, -0.25) is 4.79 Å². The van der Waals surface area contributed by atoms with Crippen LogP contribution in [0.4, 0.5) is 0 Å². The molecule has 4 heteroatoms. The highest BCUT2D eigenvalue weighted by molar-refractivity contribution is 5.93. The summed E-state index contributed by atoms with van der Waals surface area (Å²) in [6, 6.07) is 20.3. The van der Waals surface area contributed by atoms with E-state index in [1.807, 2.05) is 60.1 Å². The first-order valence-electron chi connectivity index (χ1n) is 8.83. The van der Waals surface area contributed by atoms with E-state index in [-0.39, 0.29) is 5.91 Å². The van der Waals surface area contributed by atoms with Crippen molar-refractivity contribution < 1.29 is 4.79 Å². The summed E-state index contributed by atoms with van der Waals surface area (Å²) in [4.78, 5) is 12.6. The molecule has 0 aliphatic carbocycles. The number of aromatic nitrogens is 1. The third-order valence-electron chi connectivity index (χ3n) is 4.73. The van der Waals surface area contributed by atoms with Gasteiger partial charge in [-0.05, 0) is 35.2 Å². The van der Waals surface area contributed by atoms with E-state index in [2.05, 4.69) is 24.4 Å². The number of benzene rings is 2. The SMILES string of the molecule is Cc1cc(C(=O)NCc2ccc(CN)cc2)n(C)c1Cc1ccccc1. The van der Waals surface area contributed by atoms with Crippen molar-refractivity contribution in [3.8, 4) is 0 Å². The van der Waals surface area contributed by atoms with Gasteiger partial charge in [-0.2, -0.15) is 0 Å². The Morgan fingerprint density at radius 3 is 2.31 bits per heavy atom. The minimum atomic E-state index is -0.0576. The van der Waals surface area contributed by atoms with Crippen LogP contribution in [0.1, 0.15) is 38.4 Å². The standard InChI is InChI=1S/C22H25N3O/c1-16-12-21(25(2)20(16)13-17-6-4-3-5-7-17)22(26)24-15-19-10-8-18(14-23)9-11-19/h3-12H,13-15,23H2,1-2H3,(H,24,26). The molecule has 3 aromatic rings. The Labute approximate surface area is 154 Å². The molecule has 1 aromatic heterocycles. The molecular formula is C22H25N3O. The Hall–Kier alpha value is -2.85. The lowest BCUT2D eigenvalue weighted by Crippen LogP contribution is -2.25. The zero-order valence-corrected chi connectivity index (χ0v) is 15.3. The lowest BCUT2D eigenvalue weighted by atomic mass is 10.1. The quantitative estimate of drug-likeness (QED) is 0.719. The molecule has 0 unspecified atom stereocenters. The molecule has 134 valence electrons. The third kappa shape index (κ3) is 4.03. The normalized spacial score (nSPS) is 10.7. The number of nitrogens with zero attached hydrogens (tertiary/aromatic N) is 1. The molecule has 3 N–H and O–H groups in total. The van der Waals surface area contributed by atoms with E-state index in [1.54, 1.807) is 0 Å². The third-order valence-corrected chi connectivity index (χ3v) is 4.73. The Balaban J connectivity index is 1.70. The lowest BCUT2D eigenvalue weighted by molar-refractivity contribution is 0.0942. The van der Waals surface area contributed by atoms with Gasteiger partial charge in [-0.15, -0.1) is 0 Å². The van der Waals surface area contributed by atoms with Gasteiger partial charge in [0.2, 0.25) is 0 Å². The van der Waals surface area contributed by atoms with Crippen LogP contribution in [0.2, 0.25) is 0 Å². The molecule has 4 nitrogen and oxygen atoms in total. The highest BCUT2D eigenvalue weighted by atomic mass is 16.1. The Morgan fingerprint density at radius 1 is 1.00 bits per heavy atom. The minimum Gasteiger partial charge on any atom is -0.347 e. The second-order valence-electron chi connectivity index (χ2n) is 6.58. The average molecular weight is 347 g/mol. The number of hydrogen-bond donors (Lipinski definition) is 2. The molecule has 0 saturated carbocycles. The highest BCUT2D eigenvalue weighted by Gasteiger charge is 2.15. The van der Waals surface area contributed by atoms with E-state index in [9.17, 15) is 4.79 Å². The zero-order valence-electron chi connectivity index (χ0n) is 15.3. The van der Waals surface area contributed by atoms with Crippen LogP contribution in [0.25, 0.3) is 0 Å². The summed E-state index contributed by atoms with van der Waals surface area (Å²) >= 11 is 0. The predicted octanol–water partition coefficient (Wildman–Crippen LogP) is 3.31. The van der Waals surface area contributed by atoms with Gasteiger partial charge in [-0.1, -0.05) is 54.6 Å². The van der Waals surface area contributed by atoms with Crippen molar-refractivity contribution in [3.05, 3.63) is 94.3 Å². The molecule has 0 aliphatic heterocycles. The van der Waals surface area contributed by atoms with E-state index < -0.39 is 0 Å². The van der Waals surface area contributed by atoms with Crippen molar-refractivity contribution in [2.75, 3.05) is 0 Å². The van der Waals surface area contributed by atoms with E-state index >= 15 is 0 Å². The molecule has 0 saturated heterocycles. The van der Waals surface area contributed by atoms with Gasteiger partial charge < -0.3 is 15.6 Å². The second kappa shape index (κ2) is 8.02. The maximum absolute atomic E-state index is 12.6. The zero-order chi connectivity index (χ0) is 18.5. The predicted molar refractivity (Wildman–Crippen MR) is 105 cm³/mol. The molecule has 0 aliphatic rings. The smallest absolute Gasteiger partial charge is 0.268 e. The number of nitrogens with two attached hydrogens (primary N) is 1. The first-order chi connectivity index (χ1) is 12.6. The van der Waals surface area contributed by atoms with Crippen LogP contribution in [0, 0.1) is 6.92 Å². The molecule has 26 heavy (non-hydrogen) atoms. The summed E-state index contributed by atoms with van der Waals surface area (Å²) in [6.45, 7) is 3.09. The van der Waals surface area contributed by atoms with Crippen LogP contribution in [0.5, 0.6) is 0 Å². The lowest BCUT2D eigenvalue weighted by Gasteiger charge is -2.10. The van der Waals surface area contributed by atoms with Crippen molar-refractivity contribution in [1.82, 2.24) is 9.88 Å². The summed E-state index contributed by atoms with van der Waals surface area (Å²) in [5.74, 6) is -0.0576. The number of amides is 1. The van der Waals surface area contributed by atoms with Crippen molar-refractivity contribution in [2.24, 2.45) is 12.8 Å². The van der Waals surface area contributed by atoms with Crippen LogP contribution >= 0.6 is 0 Å². The monoisotopic (exact) mass is 347 g/mol. The summed E-state index contributed by atoms with van der Waals surface area (Å²) < 4.78 is 2.00.